The Hall–Kier alpha value is -1.47. The third kappa shape index (κ3) is 3.41. The van der Waals surface area contributed by atoms with E-state index in [0.29, 0.717) is 16.5 Å². The zero-order valence-electron chi connectivity index (χ0n) is 12.6. The first-order chi connectivity index (χ1) is 9.91. The van der Waals surface area contributed by atoms with Crippen molar-refractivity contribution in [3.8, 4) is 10.7 Å². The predicted octanol–water partition coefficient (Wildman–Crippen LogP) is 3.39. The van der Waals surface area contributed by atoms with Crippen molar-refractivity contribution in [1.82, 2.24) is 20.1 Å². The molecule has 2 heterocycles. The quantitative estimate of drug-likeness (QED) is 0.829. The van der Waals surface area contributed by atoms with Crippen molar-refractivity contribution in [1.29, 1.82) is 0 Å². The van der Waals surface area contributed by atoms with Gasteiger partial charge < -0.3 is 5.32 Å². The van der Waals surface area contributed by atoms with E-state index in [1.54, 1.807) is 15.9 Å². The molecule has 1 amide bonds. The molecule has 0 radical (unpaired) electrons. The molecule has 0 unspecified atom stereocenters. The Kier molecular flexibility index (Phi) is 4.95. The molecule has 2 aromatic rings. The number of thiophene rings is 1. The van der Waals surface area contributed by atoms with Crippen molar-refractivity contribution in [3.63, 3.8) is 0 Å². The monoisotopic (exact) mass is 324 g/mol. The molecule has 21 heavy (non-hydrogen) atoms. The number of amides is 1. The molecule has 0 saturated heterocycles. The van der Waals surface area contributed by atoms with E-state index in [1.807, 2.05) is 31.4 Å². The molecule has 2 aromatic heterocycles. The van der Waals surface area contributed by atoms with Crippen LogP contribution in [0.3, 0.4) is 0 Å². The highest BCUT2D eigenvalue weighted by Gasteiger charge is 2.23. The van der Waals surface area contributed by atoms with Gasteiger partial charge in [0.05, 0.1) is 4.88 Å². The third-order valence-electron chi connectivity index (χ3n) is 3.58. The Morgan fingerprint density at radius 2 is 2.14 bits per heavy atom. The lowest BCUT2D eigenvalue weighted by Gasteiger charge is -2.21. The fraction of sp³-hybridized carbons (Fsp3) is 0.500. The molecule has 2 rings (SSSR count). The Balaban J connectivity index is 2.28. The number of carbonyl (C=O) groups is 1. The summed E-state index contributed by atoms with van der Waals surface area (Å²) < 4.78 is 2.22. The molecule has 7 heteroatoms. The number of aromatic nitrogens is 3. The zero-order chi connectivity index (χ0) is 15.6. The van der Waals surface area contributed by atoms with Gasteiger partial charge in [0.2, 0.25) is 5.91 Å². The number of aromatic amines is 1. The Morgan fingerprint density at radius 3 is 2.71 bits per heavy atom. The fourth-order valence-corrected chi connectivity index (χ4v) is 2.87. The molecule has 5 nitrogen and oxygen atoms in total. The summed E-state index contributed by atoms with van der Waals surface area (Å²) in [6.45, 7) is 8.00. The highest BCUT2D eigenvalue weighted by Crippen LogP contribution is 2.25. The van der Waals surface area contributed by atoms with Gasteiger partial charge in [-0.15, -0.1) is 11.3 Å². The smallest absolute Gasteiger partial charge is 0.243 e. The molecule has 2 atom stereocenters. The molecule has 0 aromatic carbocycles. The molecular formula is C14H20N4OS2. The van der Waals surface area contributed by atoms with Crippen molar-refractivity contribution in [2.45, 2.75) is 39.8 Å². The maximum Gasteiger partial charge on any atom is 0.243 e. The summed E-state index contributed by atoms with van der Waals surface area (Å²) >= 11 is 6.85. The third-order valence-corrected chi connectivity index (χ3v) is 4.74. The standard InChI is InChI=1S/C14H20N4OS2/c1-8(2)9(3)15-13(19)10(4)18-12(16-17-14(18)20)11-6-5-7-21-11/h5-10H,1-4H3,(H,15,19)(H,17,20)/t9-,10-/m1/s1. The average molecular weight is 324 g/mol. The van der Waals surface area contributed by atoms with Crippen molar-refractivity contribution in [2.75, 3.05) is 0 Å². The summed E-state index contributed by atoms with van der Waals surface area (Å²) in [7, 11) is 0. The summed E-state index contributed by atoms with van der Waals surface area (Å²) in [5.74, 6) is 1.04. The molecule has 0 spiro atoms. The first-order valence-electron chi connectivity index (χ1n) is 6.93. The number of hydrogen-bond acceptors (Lipinski definition) is 4. The number of rotatable bonds is 5. The maximum atomic E-state index is 12.4. The second-order valence-electron chi connectivity index (χ2n) is 5.42. The van der Waals surface area contributed by atoms with Crippen LogP contribution < -0.4 is 5.32 Å². The number of nitrogens with one attached hydrogen (secondary N) is 2. The number of H-pyrrole nitrogens is 1. The van der Waals surface area contributed by atoms with Gasteiger partial charge in [0.1, 0.15) is 6.04 Å². The molecule has 2 N–H and O–H groups in total. The van der Waals surface area contributed by atoms with Crippen molar-refractivity contribution >= 4 is 29.5 Å². The number of hydrogen-bond donors (Lipinski definition) is 2. The van der Waals surface area contributed by atoms with E-state index >= 15 is 0 Å². The van der Waals surface area contributed by atoms with Crippen LogP contribution in [0.1, 0.15) is 33.7 Å². The van der Waals surface area contributed by atoms with Crippen molar-refractivity contribution in [3.05, 3.63) is 22.3 Å². The second kappa shape index (κ2) is 6.53. The van der Waals surface area contributed by atoms with Gasteiger partial charge in [0, 0.05) is 6.04 Å². The Labute approximate surface area is 133 Å². The van der Waals surface area contributed by atoms with Crippen LogP contribution in [-0.4, -0.2) is 26.7 Å². The van der Waals surface area contributed by atoms with E-state index in [9.17, 15) is 4.79 Å². The van der Waals surface area contributed by atoms with Crippen LogP contribution in [0.2, 0.25) is 0 Å². The van der Waals surface area contributed by atoms with Crippen LogP contribution in [0.4, 0.5) is 0 Å². The molecule has 0 saturated carbocycles. The minimum absolute atomic E-state index is 0.0495. The lowest BCUT2D eigenvalue weighted by molar-refractivity contribution is -0.124. The minimum Gasteiger partial charge on any atom is -0.352 e. The Morgan fingerprint density at radius 1 is 1.43 bits per heavy atom. The number of carbonyl (C=O) groups excluding carboxylic acids is 1. The molecule has 0 bridgehead atoms. The van der Waals surface area contributed by atoms with Gasteiger partial charge in [-0.1, -0.05) is 19.9 Å². The summed E-state index contributed by atoms with van der Waals surface area (Å²) in [6, 6.07) is 3.63. The van der Waals surface area contributed by atoms with Gasteiger partial charge in [0.15, 0.2) is 10.6 Å². The molecule has 0 aliphatic rings. The average Bonchev–Trinajstić information content (AvgIpc) is 3.06. The SMILES string of the molecule is CC(C)[C@@H](C)NC(=O)[C@@H](C)n1c(-c2cccs2)n[nH]c1=S. The first kappa shape index (κ1) is 15.9. The van der Waals surface area contributed by atoms with Crippen molar-refractivity contribution in [2.24, 2.45) is 5.92 Å². The van der Waals surface area contributed by atoms with E-state index in [0.717, 1.165) is 4.88 Å². The van der Waals surface area contributed by atoms with Gasteiger partial charge in [-0.05, 0) is 43.4 Å². The van der Waals surface area contributed by atoms with Gasteiger partial charge in [-0.3, -0.25) is 14.5 Å². The van der Waals surface area contributed by atoms with Crippen LogP contribution in [-0.2, 0) is 4.79 Å². The summed E-state index contributed by atoms with van der Waals surface area (Å²) in [4.78, 5) is 13.4. The fourth-order valence-electron chi connectivity index (χ4n) is 1.87. The van der Waals surface area contributed by atoms with E-state index in [1.165, 1.54) is 0 Å². The van der Waals surface area contributed by atoms with Gasteiger partial charge in [-0.25, -0.2) is 0 Å². The summed E-state index contributed by atoms with van der Waals surface area (Å²) in [5, 5.41) is 12.0. The van der Waals surface area contributed by atoms with Crippen LogP contribution in [0.5, 0.6) is 0 Å². The second-order valence-corrected chi connectivity index (χ2v) is 6.75. The van der Waals surface area contributed by atoms with Gasteiger partial charge >= 0.3 is 0 Å². The summed E-state index contributed by atoms with van der Waals surface area (Å²) in [5.41, 5.74) is 0. The molecule has 0 aliphatic heterocycles. The van der Waals surface area contributed by atoms with E-state index in [-0.39, 0.29) is 11.9 Å². The van der Waals surface area contributed by atoms with E-state index in [2.05, 4.69) is 29.4 Å². The molecular weight excluding hydrogens is 304 g/mol. The normalized spacial score (nSPS) is 14.1. The summed E-state index contributed by atoms with van der Waals surface area (Å²) in [6.07, 6.45) is 0. The van der Waals surface area contributed by atoms with Crippen LogP contribution >= 0.6 is 23.6 Å². The minimum atomic E-state index is -0.408. The van der Waals surface area contributed by atoms with E-state index < -0.39 is 6.04 Å². The van der Waals surface area contributed by atoms with Gasteiger partial charge in [0.25, 0.3) is 0 Å². The largest absolute Gasteiger partial charge is 0.352 e. The highest BCUT2D eigenvalue weighted by molar-refractivity contribution is 7.71. The molecule has 114 valence electrons. The zero-order valence-corrected chi connectivity index (χ0v) is 14.2. The first-order valence-corrected chi connectivity index (χ1v) is 8.21. The van der Waals surface area contributed by atoms with Gasteiger partial charge in [-0.2, -0.15) is 5.10 Å². The lowest BCUT2D eigenvalue weighted by Crippen LogP contribution is -2.40. The number of nitrogens with zero attached hydrogens (tertiary/aromatic N) is 2. The maximum absolute atomic E-state index is 12.4. The Bertz CT molecular complexity index is 657. The van der Waals surface area contributed by atoms with Crippen LogP contribution in [0.25, 0.3) is 10.7 Å². The topological polar surface area (TPSA) is 62.7 Å². The predicted molar refractivity (Wildman–Crippen MR) is 87.9 cm³/mol. The lowest BCUT2D eigenvalue weighted by atomic mass is 10.1. The highest BCUT2D eigenvalue weighted by atomic mass is 32.1. The van der Waals surface area contributed by atoms with Crippen LogP contribution in [0.15, 0.2) is 17.5 Å². The van der Waals surface area contributed by atoms with E-state index in [4.69, 9.17) is 12.2 Å². The molecule has 0 aliphatic carbocycles. The molecule has 0 fully saturated rings. The van der Waals surface area contributed by atoms with Crippen molar-refractivity contribution < 1.29 is 4.79 Å². The van der Waals surface area contributed by atoms with Crippen LogP contribution in [0, 0.1) is 10.7 Å².